The van der Waals surface area contributed by atoms with Crippen molar-refractivity contribution in [1.29, 1.82) is 0 Å². The van der Waals surface area contributed by atoms with Crippen LogP contribution in [0, 0.1) is 0 Å². The van der Waals surface area contributed by atoms with E-state index >= 15 is 0 Å². The molecule has 10 nitrogen and oxygen atoms in total. The van der Waals surface area contributed by atoms with Gasteiger partial charge in [0.1, 0.15) is 5.69 Å². The highest BCUT2D eigenvalue weighted by Gasteiger charge is 2.29. The van der Waals surface area contributed by atoms with Crippen molar-refractivity contribution < 1.29 is 13.6 Å². The first-order chi connectivity index (χ1) is 31.8. The van der Waals surface area contributed by atoms with E-state index < -0.39 is 6.98 Å². The minimum absolute atomic E-state index is 0.134. The summed E-state index contributed by atoms with van der Waals surface area (Å²) in [5, 5.41) is 2.09. The Balaban J connectivity index is 1.23. The van der Waals surface area contributed by atoms with Crippen molar-refractivity contribution in [2.75, 3.05) is 66.0 Å². The molecular formula is C54H56N8O2. The Morgan fingerprint density at radius 3 is 1.45 bits per heavy atom. The van der Waals surface area contributed by atoms with E-state index in [9.17, 15) is 0 Å². The standard InChI is InChI=1S/C54H56N8O2/c1-53(2,3)35-23-25-55-50(27-35)63-48-31-39(32-49(52(48)57(7)8)64-51-28-36(24-26-56-51)54(4,5)6)62-46-29-37(60-33-58(9)42-15-11-13-17-44(42)60)19-21-40(46)41-22-20-38(30-47(41)62)61-34-59(10)43-16-12-14-18-45(43)61/h11-32H,33-34H2,1-10H3/i9D3. The molecule has 5 aromatic carbocycles. The number of anilines is 7. The highest BCUT2D eigenvalue weighted by atomic mass is 16.5. The first kappa shape index (κ1) is 37.4. The van der Waals surface area contributed by atoms with Crippen LogP contribution in [0.25, 0.3) is 27.5 Å². The normalized spacial score (nSPS) is 14.7. The van der Waals surface area contributed by atoms with Gasteiger partial charge in [0.15, 0.2) is 11.5 Å². The molecule has 3 aromatic heterocycles. The molecule has 0 unspecified atom stereocenters. The van der Waals surface area contributed by atoms with E-state index in [4.69, 9.17) is 23.6 Å². The van der Waals surface area contributed by atoms with Crippen LogP contribution in [0.3, 0.4) is 0 Å². The number of rotatable bonds is 8. The summed E-state index contributed by atoms with van der Waals surface area (Å²) >= 11 is 0. The molecule has 0 fully saturated rings. The lowest BCUT2D eigenvalue weighted by Gasteiger charge is -2.25. The maximum atomic E-state index is 8.43. The number of hydrogen-bond donors (Lipinski definition) is 0. The fraction of sp³-hybridized carbons (Fsp3) is 0.259. The Morgan fingerprint density at radius 1 is 0.547 bits per heavy atom. The SMILES string of the molecule is [2H]C([2H])([2H])N1CN(c2ccc3c4ccc(N5CN(C)c6ccccc65)cc4n(-c4cc(Oc5cc(C(C)(C)C)ccn5)c(N(C)C)c(Oc5cc(C(C)(C)C)ccn5)c4)c3c2)c2ccccc21. The van der Waals surface area contributed by atoms with Gasteiger partial charge in [0.25, 0.3) is 0 Å². The lowest BCUT2D eigenvalue weighted by atomic mass is 9.88. The number of benzene rings is 5. The third kappa shape index (κ3) is 7.16. The average molecular weight is 852 g/mol. The predicted molar refractivity (Wildman–Crippen MR) is 265 cm³/mol. The molecule has 2 aliphatic rings. The van der Waals surface area contributed by atoms with Gasteiger partial charge >= 0.3 is 0 Å². The molecule has 2 aliphatic heterocycles. The largest absolute Gasteiger partial charge is 0.437 e. The monoisotopic (exact) mass is 851 g/mol. The summed E-state index contributed by atoms with van der Waals surface area (Å²) < 4.78 is 41.4. The average Bonchev–Trinajstić information content (AvgIpc) is 3.95. The van der Waals surface area contributed by atoms with Gasteiger partial charge in [-0.2, -0.15) is 0 Å². The molecule has 0 radical (unpaired) electrons. The summed E-state index contributed by atoms with van der Waals surface area (Å²) in [5.41, 5.74) is 11.0. The number of nitrogens with zero attached hydrogens (tertiary/aromatic N) is 8. The van der Waals surface area contributed by atoms with Crippen LogP contribution in [-0.2, 0) is 10.8 Å². The zero-order chi connectivity index (χ0) is 47.2. The molecule has 0 saturated carbocycles. The van der Waals surface area contributed by atoms with E-state index in [0.717, 1.165) is 61.4 Å². The topological polar surface area (TPSA) is 65.4 Å². The summed E-state index contributed by atoms with van der Waals surface area (Å²) in [4.78, 5) is 19.6. The summed E-state index contributed by atoms with van der Waals surface area (Å²) in [7, 11) is 6.08. The first-order valence-electron chi connectivity index (χ1n) is 23.3. The summed E-state index contributed by atoms with van der Waals surface area (Å²) in [6.07, 6.45) is 3.59. The molecule has 64 heavy (non-hydrogen) atoms. The zero-order valence-electron chi connectivity index (χ0n) is 41.0. The Hall–Kier alpha value is -7.20. The van der Waals surface area contributed by atoms with Crippen LogP contribution in [0.4, 0.5) is 39.8 Å². The Labute approximate surface area is 380 Å². The second kappa shape index (κ2) is 15.3. The van der Waals surface area contributed by atoms with Crippen LogP contribution >= 0.6 is 0 Å². The van der Waals surface area contributed by atoms with E-state index in [1.807, 2.05) is 67.5 Å². The van der Waals surface area contributed by atoms with Crippen molar-refractivity contribution in [1.82, 2.24) is 14.5 Å². The first-order valence-corrected chi connectivity index (χ1v) is 21.8. The van der Waals surface area contributed by atoms with Gasteiger partial charge in [-0.15, -0.1) is 0 Å². The lowest BCUT2D eigenvalue weighted by Crippen LogP contribution is -2.24. The zero-order valence-corrected chi connectivity index (χ0v) is 38.0. The van der Waals surface area contributed by atoms with Crippen LogP contribution in [0.1, 0.15) is 56.8 Å². The summed E-state index contributed by atoms with van der Waals surface area (Å²) in [5.74, 6) is 2.01. The highest BCUT2D eigenvalue weighted by molar-refractivity contribution is 6.11. The Morgan fingerprint density at radius 2 is 1.00 bits per heavy atom. The molecule has 0 aliphatic carbocycles. The molecule has 0 amide bonds. The number of aromatic nitrogens is 3. The van der Waals surface area contributed by atoms with Crippen LogP contribution in [-0.4, -0.2) is 56.0 Å². The Kier molecular flexibility index (Phi) is 8.91. The molecule has 8 aromatic rings. The molecule has 10 rings (SSSR count). The van der Waals surface area contributed by atoms with Crippen molar-refractivity contribution in [3.8, 4) is 28.9 Å². The van der Waals surface area contributed by atoms with Crippen molar-refractivity contribution >= 4 is 61.6 Å². The second-order valence-electron chi connectivity index (χ2n) is 19.1. The quantitative estimate of drug-likeness (QED) is 0.149. The third-order valence-electron chi connectivity index (χ3n) is 12.4. The minimum atomic E-state index is -2.33. The van der Waals surface area contributed by atoms with E-state index in [1.165, 1.54) is 10.6 Å². The highest BCUT2D eigenvalue weighted by Crippen LogP contribution is 2.48. The van der Waals surface area contributed by atoms with Crippen LogP contribution in [0.2, 0.25) is 0 Å². The van der Waals surface area contributed by atoms with Gasteiger partial charge in [0, 0.05) is 91.0 Å². The van der Waals surface area contributed by atoms with Crippen LogP contribution in [0.15, 0.2) is 134 Å². The van der Waals surface area contributed by atoms with Gasteiger partial charge < -0.3 is 38.5 Å². The molecule has 0 N–H and O–H groups in total. The molecular weight excluding hydrogens is 793 g/mol. The summed E-state index contributed by atoms with van der Waals surface area (Å²) in [6.45, 7) is 11.6. The fourth-order valence-electron chi connectivity index (χ4n) is 9.03. The second-order valence-corrected chi connectivity index (χ2v) is 19.1. The van der Waals surface area contributed by atoms with Gasteiger partial charge in [-0.05, 0) is 82.6 Å². The molecule has 0 saturated heterocycles. The fourth-order valence-corrected chi connectivity index (χ4v) is 9.03. The van der Waals surface area contributed by atoms with Crippen LogP contribution < -0.4 is 34.0 Å². The van der Waals surface area contributed by atoms with Crippen molar-refractivity contribution in [3.63, 3.8) is 0 Å². The van der Waals surface area contributed by atoms with E-state index in [1.54, 1.807) is 12.4 Å². The minimum Gasteiger partial charge on any atom is -0.437 e. The van der Waals surface area contributed by atoms with Gasteiger partial charge in [-0.1, -0.05) is 77.9 Å². The number of ether oxygens (including phenoxy) is 2. The molecule has 324 valence electrons. The smallest absolute Gasteiger partial charge is 0.219 e. The van der Waals surface area contributed by atoms with Crippen LogP contribution in [0.5, 0.6) is 23.3 Å². The van der Waals surface area contributed by atoms with E-state index in [-0.39, 0.29) is 17.5 Å². The van der Waals surface area contributed by atoms with Gasteiger partial charge in [0.05, 0.1) is 52.8 Å². The number of para-hydroxylation sites is 4. The maximum Gasteiger partial charge on any atom is 0.219 e. The molecule has 0 spiro atoms. The van der Waals surface area contributed by atoms with Gasteiger partial charge in [-0.3, -0.25) is 0 Å². The molecule has 10 heteroatoms. The van der Waals surface area contributed by atoms with Crippen molar-refractivity contribution in [3.05, 3.63) is 145 Å². The number of hydrogen-bond acceptors (Lipinski definition) is 9. The lowest BCUT2D eigenvalue weighted by molar-refractivity contribution is 0.439. The molecule has 0 bridgehead atoms. The molecule has 0 atom stereocenters. The van der Waals surface area contributed by atoms with E-state index in [0.29, 0.717) is 41.3 Å². The predicted octanol–water partition coefficient (Wildman–Crippen LogP) is 12.9. The van der Waals surface area contributed by atoms with Gasteiger partial charge in [0.2, 0.25) is 11.8 Å². The molecule has 5 heterocycles. The van der Waals surface area contributed by atoms with Crippen molar-refractivity contribution in [2.45, 2.75) is 52.4 Å². The Bertz CT molecular complexity index is 3120. The van der Waals surface area contributed by atoms with E-state index in [2.05, 4.69) is 141 Å². The number of fused-ring (bicyclic) bond motifs is 5. The van der Waals surface area contributed by atoms with Gasteiger partial charge in [-0.25, -0.2) is 9.97 Å². The summed E-state index contributed by atoms with van der Waals surface area (Å²) in [6, 6.07) is 41.4. The number of pyridine rings is 2. The van der Waals surface area contributed by atoms with Crippen molar-refractivity contribution in [2.24, 2.45) is 0 Å². The third-order valence-corrected chi connectivity index (χ3v) is 12.4. The maximum absolute atomic E-state index is 8.43.